The summed E-state index contributed by atoms with van der Waals surface area (Å²) >= 11 is 0. The number of aromatic nitrogens is 2. The number of nitrogens with two attached hydrogens (primary N) is 1. The smallest absolute Gasteiger partial charge is 0.151 e. The van der Waals surface area contributed by atoms with Crippen LogP contribution in [0.4, 0.5) is 0 Å². The Morgan fingerprint density at radius 3 is 2.79 bits per heavy atom. The highest BCUT2D eigenvalue weighted by Crippen LogP contribution is 1.97. The second kappa shape index (κ2) is 4.56. The third kappa shape index (κ3) is 3.12. The van der Waals surface area contributed by atoms with Crippen molar-refractivity contribution in [1.82, 2.24) is 9.55 Å². The van der Waals surface area contributed by atoms with Gasteiger partial charge in [0.15, 0.2) is 9.84 Å². The lowest BCUT2D eigenvalue weighted by Crippen LogP contribution is -2.13. The lowest BCUT2D eigenvalue weighted by molar-refractivity contribution is 0.590. The van der Waals surface area contributed by atoms with Gasteiger partial charge in [0.1, 0.15) is 0 Å². The van der Waals surface area contributed by atoms with Crippen molar-refractivity contribution in [2.75, 3.05) is 11.5 Å². The molecule has 0 saturated carbocycles. The monoisotopic (exact) mass is 217 g/mol. The van der Waals surface area contributed by atoms with Gasteiger partial charge in [-0.15, -0.1) is 0 Å². The molecule has 0 radical (unpaired) electrons. The van der Waals surface area contributed by atoms with E-state index in [0.717, 1.165) is 5.69 Å². The van der Waals surface area contributed by atoms with E-state index in [1.54, 1.807) is 24.0 Å². The van der Waals surface area contributed by atoms with Crippen molar-refractivity contribution in [3.63, 3.8) is 0 Å². The Morgan fingerprint density at radius 2 is 2.29 bits per heavy atom. The number of hydrogen-bond acceptors (Lipinski definition) is 4. The minimum atomic E-state index is -2.90. The molecule has 0 aliphatic carbocycles. The first kappa shape index (κ1) is 11.2. The van der Waals surface area contributed by atoms with E-state index in [2.05, 4.69) is 4.98 Å². The normalized spacial score (nSPS) is 11.9. The van der Waals surface area contributed by atoms with Crippen LogP contribution in [0, 0.1) is 0 Å². The maximum Gasteiger partial charge on any atom is 0.151 e. The Kier molecular flexibility index (Phi) is 3.65. The average Bonchev–Trinajstić information content (AvgIpc) is 2.63. The van der Waals surface area contributed by atoms with E-state index < -0.39 is 9.84 Å². The zero-order valence-corrected chi connectivity index (χ0v) is 9.00. The van der Waals surface area contributed by atoms with Gasteiger partial charge in [-0.1, -0.05) is 6.92 Å². The molecular formula is C8H15N3O2S. The third-order valence-corrected chi connectivity index (χ3v) is 3.68. The maximum absolute atomic E-state index is 11.2. The molecule has 14 heavy (non-hydrogen) atoms. The summed E-state index contributed by atoms with van der Waals surface area (Å²) in [5.74, 6) is 0.343. The molecule has 0 aliphatic rings. The molecular weight excluding hydrogens is 202 g/mol. The van der Waals surface area contributed by atoms with Gasteiger partial charge in [0.2, 0.25) is 0 Å². The van der Waals surface area contributed by atoms with Crippen LogP contribution in [-0.2, 0) is 22.9 Å². The highest BCUT2D eigenvalue weighted by Gasteiger charge is 2.07. The predicted octanol–water partition coefficient (Wildman–Crippen LogP) is -0.223. The minimum Gasteiger partial charge on any atom is -0.336 e. The Labute approximate surface area is 83.9 Å². The number of aryl methyl sites for hydroxylation is 1. The van der Waals surface area contributed by atoms with Crippen LogP contribution in [0.15, 0.2) is 12.5 Å². The number of rotatable bonds is 5. The van der Waals surface area contributed by atoms with Crippen molar-refractivity contribution in [2.24, 2.45) is 5.73 Å². The molecule has 0 spiro atoms. The summed E-state index contributed by atoms with van der Waals surface area (Å²) in [6.07, 6.45) is 3.37. The topological polar surface area (TPSA) is 78.0 Å². The molecule has 0 saturated heterocycles. The second-order valence-corrected chi connectivity index (χ2v) is 5.52. The maximum atomic E-state index is 11.2. The van der Waals surface area contributed by atoms with E-state index >= 15 is 0 Å². The quantitative estimate of drug-likeness (QED) is 0.739. The van der Waals surface area contributed by atoms with Crippen molar-refractivity contribution < 1.29 is 8.42 Å². The first-order valence-corrected chi connectivity index (χ1v) is 6.30. The molecule has 6 heteroatoms. The largest absolute Gasteiger partial charge is 0.336 e. The summed E-state index contributed by atoms with van der Waals surface area (Å²) in [4.78, 5) is 4.00. The van der Waals surface area contributed by atoms with Crippen LogP contribution in [0.2, 0.25) is 0 Å². The van der Waals surface area contributed by atoms with Gasteiger partial charge in [-0.05, 0) is 0 Å². The standard InChI is InChI=1S/C8H15N3O2S/c1-2-14(12,13)4-3-11-6-8(5-9)10-7-11/h6-7H,2-5,9H2,1H3. The molecule has 0 amide bonds. The molecule has 1 aromatic heterocycles. The molecule has 0 unspecified atom stereocenters. The lowest BCUT2D eigenvalue weighted by Gasteiger charge is -2.01. The molecule has 0 aromatic carbocycles. The first-order valence-electron chi connectivity index (χ1n) is 4.48. The van der Waals surface area contributed by atoms with E-state index in [-0.39, 0.29) is 11.5 Å². The number of imidazole rings is 1. The molecule has 2 N–H and O–H groups in total. The summed E-state index contributed by atoms with van der Waals surface area (Å²) in [6, 6.07) is 0. The molecule has 0 aliphatic heterocycles. The molecule has 1 rings (SSSR count). The van der Waals surface area contributed by atoms with E-state index in [9.17, 15) is 8.42 Å². The van der Waals surface area contributed by atoms with E-state index in [1.165, 1.54) is 0 Å². The van der Waals surface area contributed by atoms with Crippen LogP contribution in [0.25, 0.3) is 0 Å². The van der Waals surface area contributed by atoms with Gasteiger partial charge < -0.3 is 10.3 Å². The molecule has 1 aromatic rings. The predicted molar refractivity (Wildman–Crippen MR) is 54.4 cm³/mol. The third-order valence-electron chi connectivity index (χ3n) is 2.00. The summed E-state index contributed by atoms with van der Waals surface area (Å²) in [6.45, 7) is 2.48. The van der Waals surface area contributed by atoms with Crippen LogP contribution in [-0.4, -0.2) is 29.5 Å². The zero-order valence-electron chi connectivity index (χ0n) is 8.18. The van der Waals surface area contributed by atoms with Crippen LogP contribution >= 0.6 is 0 Å². The van der Waals surface area contributed by atoms with E-state index in [4.69, 9.17) is 5.73 Å². The second-order valence-electron chi connectivity index (χ2n) is 3.04. The minimum absolute atomic E-state index is 0.157. The van der Waals surface area contributed by atoms with E-state index in [1.807, 2.05) is 0 Å². The Hall–Kier alpha value is -0.880. The summed E-state index contributed by atoms with van der Waals surface area (Å²) in [7, 11) is -2.90. The van der Waals surface area contributed by atoms with E-state index in [0.29, 0.717) is 13.1 Å². The van der Waals surface area contributed by atoms with Crippen LogP contribution < -0.4 is 5.73 Å². The fourth-order valence-corrected chi connectivity index (χ4v) is 1.80. The summed E-state index contributed by atoms with van der Waals surface area (Å²) in [5, 5.41) is 0. The van der Waals surface area contributed by atoms with Crippen molar-refractivity contribution >= 4 is 9.84 Å². The highest BCUT2D eigenvalue weighted by molar-refractivity contribution is 7.91. The fraction of sp³-hybridized carbons (Fsp3) is 0.625. The van der Waals surface area contributed by atoms with Crippen molar-refractivity contribution in [2.45, 2.75) is 20.0 Å². The van der Waals surface area contributed by atoms with Gasteiger partial charge in [0.05, 0.1) is 17.8 Å². The number of nitrogens with zero attached hydrogens (tertiary/aromatic N) is 2. The summed E-state index contributed by atoms with van der Waals surface area (Å²) < 4.78 is 24.1. The van der Waals surface area contributed by atoms with Crippen LogP contribution in [0.5, 0.6) is 0 Å². The van der Waals surface area contributed by atoms with Gasteiger partial charge in [-0.25, -0.2) is 13.4 Å². The zero-order chi connectivity index (χ0) is 10.6. The van der Waals surface area contributed by atoms with Gasteiger partial charge in [-0.3, -0.25) is 0 Å². The average molecular weight is 217 g/mol. The van der Waals surface area contributed by atoms with Gasteiger partial charge in [-0.2, -0.15) is 0 Å². The first-order chi connectivity index (χ1) is 6.57. The number of sulfone groups is 1. The Balaban J connectivity index is 2.54. The molecule has 0 bridgehead atoms. The highest BCUT2D eigenvalue weighted by atomic mass is 32.2. The van der Waals surface area contributed by atoms with Crippen molar-refractivity contribution in [3.05, 3.63) is 18.2 Å². The van der Waals surface area contributed by atoms with Crippen molar-refractivity contribution in [3.8, 4) is 0 Å². The van der Waals surface area contributed by atoms with Gasteiger partial charge in [0.25, 0.3) is 0 Å². The van der Waals surface area contributed by atoms with Gasteiger partial charge >= 0.3 is 0 Å². The molecule has 80 valence electrons. The molecule has 5 nitrogen and oxygen atoms in total. The van der Waals surface area contributed by atoms with Crippen LogP contribution in [0.3, 0.4) is 0 Å². The van der Waals surface area contributed by atoms with Crippen LogP contribution in [0.1, 0.15) is 12.6 Å². The number of hydrogen-bond donors (Lipinski definition) is 1. The SMILES string of the molecule is CCS(=O)(=O)CCn1cnc(CN)c1. The molecule has 1 heterocycles. The summed E-state index contributed by atoms with van der Waals surface area (Å²) in [5.41, 5.74) is 6.15. The fourth-order valence-electron chi connectivity index (χ4n) is 1.02. The lowest BCUT2D eigenvalue weighted by atomic mass is 10.5. The van der Waals surface area contributed by atoms with Gasteiger partial charge in [0, 0.05) is 25.0 Å². The van der Waals surface area contributed by atoms with Crippen molar-refractivity contribution in [1.29, 1.82) is 0 Å². The Bertz CT molecular complexity index is 383. The molecule has 0 atom stereocenters. The Morgan fingerprint density at radius 1 is 1.57 bits per heavy atom. The molecule has 0 fully saturated rings.